The molecule has 0 saturated carbocycles. The summed E-state index contributed by atoms with van der Waals surface area (Å²) >= 11 is 0. The predicted molar refractivity (Wildman–Crippen MR) is 116 cm³/mol. The van der Waals surface area contributed by atoms with Gasteiger partial charge in [-0.15, -0.1) is 5.10 Å². The molecule has 154 valence electrons. The van der Waals surface area contributed by atoms with Crippen molar-refractivity contribution >= 4 is 34.0 Å². The molecule has 1 saturated heterocycles. The smallest absolute Gasteiger partial charge is 0.259 e. The van der Waals surface area contributed by atoms with Crippen molar-refractivity contribution in [2.45, 2.75) is 13.8 Å². The fraction of sp³-hybridized carbons (Fsp3) is 0.333. The maximum atomic E-state index is 13.1. The zero-order valence-corrected chi connectivity index (χ0v) is 17.3. The molecule has 0 unspecified atom stereocenters. The largest absolute Gasteiger partial charge is 0.368 e. The van der Waals surface area contributed by atoms with Crippen LogP contribution in [0.1, 0.15) is 21.6 Å². The third-order valence-corrected chi connectivity index (χ3v) is 5.44. The fourth-order valence-electron chi connectivity index (χ4n) is 4.06. The first kappa shape index (κ1) is 18.6. The van der Waals surface area contributed by atoms with E-state index in [1.54, 1.807) is 9.20 Å². The van der Waals surface area contributed by atoms with Crippen molar-refractivity contribution in [2.75, 3.05) is 36.4 Å². The number of amides is 1. The van der Waals surface area contributed by atoms with Gasteiger partial charge in [0.1, 0.15) is 5.52 Å². The molecule has 0 bridgehead atoms. The Hall–Kier alpha value is -3.46. The zero-order valence-electron chi connectivity index (χ0n) is 17.3. The highest BCUT2D eigenvalue weighted by Gasteiger charge is 2.20. The van der Waals surface area contributed by atoms with Crippen LogP contribution in [0.2, 0.25) is 0 Å². The van der Waals surface area contributed by atoms with Gasteiger partial charge in [-0.05, 0) is 37.6 Å². The number of aryl methyl sites for hydroxylation is 3. The minimum Gasteiger partial charge on any atom is -0.368 e. The fourth-order valence-corrected chi connectivity index (χ4v) is 4.06. The van der Waals surface area contributed by atoms with Crippen LogP contribution in [0.15, 0.2) is 30.6 Å². The second-order valence-corrected chi connectivity index (χ2v) is 7.75. The van der Waals surface area contributed by atoms with E-state index in [1.807, 2.05) is 51.5 Å². The summed E-state index contributed by atoms with van der Waals surface area (Å²) in [6.45, 7) is 7.64. The number of nitrogens with one attached hydrogen (secondary N) is 2. The van der Waals surface area contributed by atoms with Crippen LogP contribution in [0.3, 0.4) is 0 Å². The number of benzene rings is 1. The molecule has 4 heterocycles. The van der Waals surface area contributed by atoms with Gasteiger partial charge in [-0.2, -0.15) is 5.10 Å². The second kappa shape index (κ2) is 7.10. The Morgan fingerprint density at radius 1 is 1.13 bits per heavy atom. The number of carbonyl (C=O) groups excluding carboxylic acids is 1. The lowest BCUT2D eigenvalue weighted by atomic mass is 10.1. The molecule has 4 aromatic rings. The average Bonchev–Trinajstić information content (AvgIpc) is 3.29. The van der Waals surface area contributed by atoms with Gasteiger partial charge in [0.2, 0.25) is 0 Å². The topological polar surface area (TPSA) is 92.4 Å². The lowest BCUT2D eigenvalue weighted by Gasteiger charge is -2.30. The number of hydrogen-bond donors (Lipinski definition) is 2. The van der Waals surface area contributed by atoms with Gasteiger partial charge < -0.3 is 15.5 Å². The Morgan fingerprint density at radius 2 is 1.93 bits per heavy atom. The number of rotatable bonds is 3. The van der Waals surface area contributed by atoms with Gasteiger partial charge in [0.15, 0.2) is 11.5 Å². The summed E-state index contributed by atoms with van der Waals surface area (Å²) in [5, 5.41) is 16.3. The van der Waals surface area contributed by atoms with Crippen LogP contribution in [0, 0.1) is 13.8 Å². The Bertz CT molecular complexity index is 1270. The highest BCUT2D eigenvalue weighted by atomic mass is 16.1. The van der Waals surface area contributed by atoms with E-state index in [4.69, 9.17) is 0 Å². The summed E-state index contributed by atoms with van der Waals surface area (Å²) in [4.78, 5) is 19.9. The number of anilines is 2. The molecule has 0 atom stereocenters. The summed E-state index contributed by atoms with van der Waals surface area (Å²) in [6, 6.07) is 5.71. The molecular weight excluding hydrogens is 380 g/mol. The third kappa shape index (κ3) is 3.17. The maximum Gasteiger partial charge on any atom is 0.259 e. The molecule has 0 radical (unpaired) electrons. The lowest BCUT2D eigenvalue weighted by Crippen LogP contribution is -2.43. The molecule has 9 heteroatoms. The minimum atomic E-state index is -0.228. The van der Waals surface area contributed by atoms with E-state index in [2.05, 4.69) is 30.7 Å². The summed E-state index contributed by atoms with van der Waals surface area (Å²) in [5.74, 6) is 0.256. The molecule has 1 aliphatic heterocycles. The van der Waals surface area contributed by atoms with E-state index >= 15 is 0 Å². The average molecular weight is 404 g/mol. The Morgan fingerprint density at radius 3 is 2.73 bits per heavy atom. The highest BCUT2D eigenvalue weighted by molar-refractivity contribution is 6.13. The molecule has 0 aliphatic carbocycles. The van der Waals surface area contributed by atoms with Crippen LogP contribution in [-0.4, -0.2) is 56.5 Å². The van der Waals surface area contributed by atoms with E-state index < -0.39 is 0 Å². The van der Waals surface area contributed by atoms with Crippen LogP contribution in [0.4, 0.5) is 11.5 Å². The molecule has 1 aromatic carbocycles. The second-order valence-electron chi connectivity index (χ2n) is 7.75. The first-order valence-electron chi connectivity index (χ1n) is 10.1. The Kier molecular flexibility index (Phi) is 4.39. The summed E-state index contributed by atoms with van der Waals surface area (Å²) in [6.07, 6.45) is 3.82. The van der Waals surface area contributed by atoms with E-state index in [1.165, 1.54) is 0 Å². The van der Waals surface area contributed by atoms with Crippen molar-refractivity contribution in [3.05, 3.63) is 47.4 Å². The van der Waals surface area contributed by atoms with Gasteiger partial charge in [0, 0.05) is 50.5 Å². The van der Waals surface area contributed by atoms with Gasteiger partial charge >= 0.3 is 0 Å². The van der Waals surface area contributed by atoms with Crippen LogP contribution in [0.25, 0.3) is 16.6 Å². The number of fused-ring (bicyclic) bond motifs is 2. The first-order valence-corrected chi connectivity index (χ1v) is 10.1. The third-order valence-electron chi connectivity index (χ3n) is 5.44. The van der Waals surface area contributed by atoms with Gasteiger partial charge in [-0.1, -0.05) is 0 Å². The molecule has 3 aromatic heterocycles. The molecule has 0 spiro atoms. The summed E-state index contributed by atoms with van der Waals surface area (Å²) in [7, 11) is 1.88. The summed E-state index contributed by atoms with van der Waals surface area (Å²) in [5.41, 5.74) is 4.96. The minimum absolute atomic E-state index is 0.228. The maximum absolute atomic E-state index is 13.1. The highest BCUT2D eigenvalue weighted by Crippen LogP contribution is 2.29. The number of aromatic nitrogens is 5. The van der Waals surface area contributed by atoms with E-state index in [0.717, 1.165) is 54.2 Å². The van der Waals surface area contributed by atoms with Crippen LogP contribution < -0.4 is 15.5 Å². The molecule has 2 N–H and O–H groups in total. The Balaban J connectivity index is 1.51. The molecule has 1 amide bonds. The van der Waals surface area contributed by atoms with Crippen LogP contribution in [-0.2, 0) is 7.05 Å². The van der Waals surface area contributed by atoms with Gasteiger partial charge in [-0.25, -0.2) is 9.50 Å². The van der Waals surface area contributed by atoms with Crippen LogP contribution in [0.5, 0.6) is 0 Å². The van der Waals surface area contributed by atoms with Gasteiger partial charge in [-0.3, -0.25) is 9.48 Å². The number of imidazole rings is 1. The molecule has 1 fully saturated rings. The van der Waals surface area contributed by atoms with Crippen molar-refractivity contribution < 1.29 is 4.79 Å². The van der Waals surface area contributed by atoms with Gasteiger partial charge in [0.25, 0.3) is 5.91 Å². The quantitative estimate of drug-likeness (QED) is 0.542. The number of nitrogens with zero attached hydrogens (tertiary/aromatic N) is 6. The molecular formula is C21H24N8O. The molecule has 5 rings (SSSR count). The molecule has 30 heavy (non-hydrogen) atoms. The molecule has 1 aliphatic rings. The number of carbonyl (C=O) groups is 1. The number of piperazine rings is 1. The first-order chi connectivity index (χ1) is 14.5. The van der Waals surface area contributed by atoms with Crippen molar-refractivity contribution in [2.24, 2.45) is 7.05 Å². The lowest BCUT2D eigenvalue weighted by molar-refractivity contribution is 0.102. The van der Waals surface area contributed by atoms with Crippen molar-refractivity contribution in [1.82, 2.24) is 29.7 Å². The van der Waals surface area contributed by atoms with Gasteiger partial charge in [0.05, 0.1) is 17.5 Å². The van der Waals surface area contributed by atoms with E-state index in [0.29, 0.717) is 16.9 Å². The Labute approximate surface area is 173 Å². The summed E-state index contributed by atoms with van der Waals surface area (Å²) < 4.78 is 3.46. The normalized spacial score (nSPS) is 14.6. The van der Waals surface area contributed by atoms with E-state index in [-0.39, 0.29) is 5.91 Å². The number of hydrogen-bond acceptors (Lipinski definition) is 6. The van der Waals surface area contributed by atoms with E-state index in [9.17, 15) is 4.79 Å². The standard InChI is InChI=1S/C21H24N8O/c1-13-10-18(25-29-11-14(2)23-20(13)29)24-21(30)15-4-5-17(28-8-6-22-7-9-28)16-12-27(3)26-19(15)16/h4-5,10-12,22H,6-9H2,1-3H3,(H,24,25,30). The van der Waals surface area contributed by atoms with Crippen molar-refractivity contribution in [1.29, 1.82) is 0 Å². The zero-order chi connectivity index (χ0) is 20.8. The SMILES string of the molecule is Cc1cn2nc(NC(=O)c3ccc(N4CCNCC4)c4cn(C)nc34)cc(C)c2n1. The monoisotopic (exact) mass is 404 g/mol. The van der Waals surface area contributed by atoms with Crippen molar-refractivity contribution in [3.63, 3.8) is 0 Å². The predicted octanol–water partition coefficient (Wildman–Crippen LogP) is 1.89. The van der Waals surface area contributed by atoms with Crippen molar-refractivity contribution in [3.8, 4) is 0 Å². The van der Waals surface area contributed by atoms with Crippen LogP contribution >= 0.6 is 0 Å². The molecule has 9 nitrogen and oxygen atoms in total.